The van der Waals surface area contributed by atoms with E-state index in [-0.39, 0.29) is 55.0 Å². The Morgan fingerprint density at radius 3 is 2.31 bits per heavy atom. The summed E-state index contributed by atoms with van der Waals surface area (Å²) in [6, 6.07) is 4.65. The molecule has 29 heavy (non-hydrogen) atoms. The summed E-state index contributed by atoms with van der Waals surface area (Å²) in [5.74, 6) is -0.257. The van der Waals surface area contributed by atoms with Gasteiger partial charge in [0.25, 0.3) is 0 Å². The number of carbonyl (C=O) groups excluding carboxylic acids is 1. The maximum atomic E-state index is 14.0. The molecule has 1 aromatic carbocycles. The summed E-state index contributed by atoms with van der Waals surface area (Å²) in [6.45, 7) is 6.08. The maximum absolute atomic E-state index is 14.0. The monoisotopic (exact) mass is 470 g/mol. The van der Waals surface area contributed by atoms with E-state index in [1.165, 1.54) is 6.07 Å². The largest absolute Gasteiger partial charge is 0.369 e. The fourth-order valence-electron chi connectivity index (χ4n) is 4.21. The first-order valence-corrected chi connectivity index (χ1v) is 9.69. The van der Waals surface area contributed by atoms with Gasteiger partial charge < -0.3 is 20.9 Å². The number of amides is 1. The van der Waals surface area contributed by atoms with Crippen molar-refractivity contribution < 1.29 is 9.18 Å². The Labute approximate surface area is 192 Å². The van der Waals surface area contributed by atoms with Gasteiger partial charge in [0.15, 0.2) is 0 Å². The summed E-state index contributed by atoms with van der Waals surface area (Å²) in [5.41, 5.74) is 7.34. The van der Waals surface area contributed by atoms with E-state index in [4.69, 9.17) is 5.73 Å². The van der Waals surface area contributed by atoms with Crippen molar-refractivity contribution >= 4 is 48.8 Å². The summed E-state index contributed by atoms with van der Waals surface area (Å²) in [7, 11) is 2.11. The number of hydrogen-bond donors (Lipinski definition) is 2. The van der Waals surface area contributed by atoms with E-state index in [0.29, 0.717) is 6.54 Å². The zero-order chi connectivity index (χ0) is 18.7. The van der Waals surface area contributed by atoms with Gasteiger partial charge in [-0.05, 0) is 45.0 Å². The molecule has 1 saturated carbocycles. The number of nitrogens with two attached hydrogens (primary N) is 1. The van der Waals surface area contributed by atoms with Crippen LogP contribution in [0, 0.1) is 11.2 Å². The lowest BCUT2D eigenvalue weighted by molar-refractivity contribution is -0.131. The van der Waals surface area contributed by atoms with Crippen LogP contribution in [0.4, 0.5) is 10.1 Å². The molecule has 2 aliphatic rings. The topological polar surface area (TPSA) is 61.6 Å². The van der Waals surface area contributed by atoms with Crippen LogP contribution in [0.2, 0.25) is 0 Å². The standard InChI is InChI=1S/C20H31FN4O.3ClH/c1-15(23-19(26)20(14-22)7-3-4-8-20)17-13-16(21)5-6-18(17)25-11-9-24(2)10-12-25;;;/h5-6,13,15H,3-4,7-12,14,22H2,1-2H3,(H,23,26);3*1H. The Kier molecular flexibility index (Phi) is 11.8. The number of piperazine rings is 1. The van der Waals surface area contributed by atoms with Crippen molar-refractivity contribution in [2.75, 3.05) is 44.7 Å². The van der Waals surface area contributed by atoms with Gasteiger partial charge >= 0.3 is 0 Å². The second-order valence-electron chi connectivity index (χ2n) is 7.88. The fraction of sp³-hybridized carbons (Fsp3) is 0.650. The lowest BCUT2D eigenvalue weighted by Crippen LogP contribution is -2.46. The first kappa shape index (κ1) is 28.2. The van der Waals surface area contributed by atoms with Crippen LogP contribution in [0.15, 0.2) is 18.2 Å². The van der Waals surface area contributed by atoms with Gasteiger partial charge in [-0.3, -0.25) is 4.79 Å². The third-order valence-electron chi connectivity index (χ3n) is 6.08. The summed E-state index contributed by atoms with van der Waals surface area (Å²) < 4.78 is 14.0. The molecule has 1 saturated heterocycles. The number of hydrogen-bond acceptors (Lipinski definition) is 4. The molecule has 2 fully saturated rings. The Bertz CT molecular complexity index is 651. The molecule has 1 aliphatic heterocycles. The molecule has 1 aromatic rings. The molecule has 0 spiro atoms. The van der Waals surface area contributed by atoms with Crippen LogP contribution in [0.5, 0.6) is 0 Å². The molecule has 1 unspecified atom stereocenters. The van der Waals surface area contributed by atoms with Crippen molar-refractivity contribution in [2.24, 2.45) is 11.1 Å². The minimum absolute atomic E-state index is 0. The molecular formula is C20H34Cl3FN4O. The first-order valence-electron chi connectivity index (χ1n) is 9.69. The van der Waals surface area contributed by atoms with Crippen molar-refractivity contribution in [1.29, 1.82) is 0 Å². The number of nitrogens with one attached hydrogen (secondary N) is 1. The molecule has 168 valence electrons. The SMILES string of the molecule is CC(NC(=O)C1(CN)CCCC1)c1cc(F)ccc1N1CCN(C)CC1.Cl.Cl.Cl. The zero-order valence-electron chi connectivity index (χ0n) is 17.2. The van der Waals surface area contributed by atoms with Gasteiger partial charge in [0, 0.05) is 44.0 Å². The number of nitrogens with zero attached hydrogens (tertiary/aromatic N) is 2. The number of anilines is 1. The average Bonchev–Trinajstić information content (AvgIpc) is 3.13. The highest BCUT2D eigenvalue weighted by atomic mass is 35.5. The number of carbonyl (C=O) groups is 1. The lowest BCUT2D eigenvalue weighted by Gasteiger charge is -2.36. The third-order valence-corrected chi connectivity index (χ3v) is 6.08. The third kappa shape index (κ3) is 6.34. The molecular weight excluding hydrogens is 438 g/mol. The van der Waals surface area contributed by atoms with E-state index in [1.807, 2.05) is 13.0 Å². The van der Waals surface area contributed by atoms with Crippen molar-refractivity contribution in [3.8, 4) is 0 Å². The first-order chi connectivity index (χ1) is 12.4. The highest BCUT2D eigenvalue weighted by Gasteiger charge is 2.40. The van der Waals surface area contributed by atoms with Crippen molar-refractivity contribution in [3.63, 3.8) is 0 Å². The van der Waals surface area contributed by atoms with E-state index < -0.39 is 5.41 Å². The summed E-state index contributed by atoms with van der Waals surface area (Å²) in [6.07, 6.45) is 3.78. The molecule has 3 N–H and O–H groups in total. The number of halogens is 4. The van der Waals surface area contributed by atoms with Crippen molar-refractivity contribution in [2.45, 2.75) is 38.6 Å². The van der Waals surface area contributed by atoms with Crippen LogP contribution >= 0.6 is 37.2 Å². The molecule has 5 nitrogen and oxygen atoms in total. The Balaban J connectivity index is 0.00000261. The number of benzene rings is 1. The average molecular weight is 472 g/mol. The minimum Gasteiger partial charge on any atom is -0.369 e. The Morgan fingerprint density at radius 2 is 1.76 bits per heavy atom. The molecule has 0 radical (unpaired) electrons. The van der Waals surface area contributed by atoms with Gasteiger partial charge in [0.2, 0.25) is 5.91 Å². The Morgan fingerprint density at radius 1 is 1.17 bits per heavy atom. The quantitative estimate of drug-likeness (QED) is 0.689. The summed E-state index contributed by atoms with van der Waals surface area (Å²) >= 11 is 0. The predicted molar refractivity (Wildman–Crippen MR) is 124 cm³/mol. The van der Waals surface area contributed by atoms with Gasteiger partial charge in [0.1, 0.15) is 5.82 Å². The van der Waals surface area contributed by atoms with Crippen LogP contribution in [-0.2, 0) is 4.79 Å². The van der Waals surface area contributed by atoms with Crippen LogP contribution in [0.3, 0.4) is 0 Å². The zero-order valence-corrected chi connectivity index (χ0v) is 19.6. The highest BCUT2D eigenvalue weighted by molar-refractivity contribution is 5.86. The van der Waals surface area contributed by atoms with Gasteiger partial charge in [-0.1, -0.05) is 12.8 Å². The highest BCUT2D eigenvalue weighted by Crippen LogP contribution is 2.38. The van der Waals surface area contributed by atoms with E-state index in [0.717, 1.165) is 63.1 Å². The molecule has 9 heteroatoms. The molecule has 0 bridgehead atoms. The molecule has 1 atom stereocenters. The van der Waals surface area contributed by atoms with Gasteiger partial charge in [-0.15, -0.1) is 37.2 Å². The van der Waals surface area contributed by atoms with E-state index in [9.17, 15) is 9.18 Å². The Hall–Kier alpha value is -0.790. The van der Waals surface area contributed by atoms with Crippen LogP contribution in [0.25, 0.3) is 0 Å². The summed E-state index contributed by atoms with van der Waals surface area (Å²) in [4.78, 5) is 17.5. The number of likely N-dealkylation sites (N-methyl/N-ethyl adjacent to an activating group) is 1. The summed E-state index contributed by atoms with van der Waals surface area (Å²) in [5, 5.41) is 3.12. The fourth-order valence-corrected chi connectivity index (χ4v) is 4.21. The minimum atomic E-state index is -0.449. The van der Waals surface area contributed by atoms with Crippen LogP contribution in [-0.4, -0.2) is 50.6 Å². The van der Waals surface area contributed by atoms with Crippen LogP contribution < -0.4 is 16.0 Å². The lowest BCUT2D eigenvalue weighted by atomic mass is 9.85. The smallest absolute Gasteiger partial charge is 0.227 e. The van der Waals surface area contributed by atoms with E-state index >= 15 is 0 Å². The predicted octanol–water partition coefficient (Wildman–Crippen LogP) is 3.54. The number of rotatable bonds is 5. The van der Waals surface area contributed by atoms with Crippen molar-refractivity contribution in [3.05, 3.63) is 29.6 Å². The normalized spacial score (nSPS) is 19.4. The van der Waals surface area contributed by atoms with Crippen molar-refractivity contribution in [1.82, 2.24) is 10.2 Å². The second-order valence-corrected chi connectivity index (χ2v) is 7.88. The molecule has 1 aliphatic carbocycles. The molecule has 0 aromatic heterocycles. The molecule has 3 rings (SSSR count). The van der Waals surface area contributed by atoms with Crippen LogP contribution in [0.1, 0.15) is 44.2 Å². The molecule has 1 heterocycles. The molecule has 1 amide bonds. The van der Waals surface area contributed by atoms with Gasteiger partial charge in [0.05, 0.1) is 11.5 Å². The maximum Gasteiger partial charge on any atom is 0.227 e. The van der Waals surface area contributed by atoms with E-state index in [1.54, 1.807) is 6.07 Å². The van der Waals surface area contributed by atoms with Gasteiger partial charge in [-0.2, -0.15) is 0 Å². The second kappa shape index (κ2) is 12.2. The van der Waals surface area contributed by atoms with Gasteiger partial charge in [-0.25, -0.2) is 4.39 Å². The van der Waals surface area contributed by atoms with E-state index in [2.05, 4.69) is 22.2 Å².